The van der Waals surface area contributed by atoms with Crippen molar-refractivity contribution in [2.24, 2.45) is 0 Å². The predicted octanol–water partition coefficient (Wildman–Crippen LogP) is 3.23. The molecule has 0 fully saturated rings. The number of amides is 1. The van der Waals surface area contributed by atoms with Gasteiger partial charge < -0.3 is 20.3 Å². The zero-order valence-electron chi connectivity index (χ0n) is 17.6. The molecule has 164 valence electrons. The van der Waals surface area contributed by atoms with Crippen molar-refractivity contribution in [1.29, 1.82) is 0 Å². The number of nitrogens with one attached hydrogen (secondary N) is 1. The lowest BCUT2D eigenvalue weighted by Crippen LogP contribution is -2.28. The van der Waals surface area contributed by atoms with Crippen LogP contribution in [0, 0.1) is 0 Å². The summed E-state index contributed by atoms with van der Waals surface area (Å²) >= 11 is 1.39. The monoisotopic (exact) mass is 450 g/mol. The zero-order chi connectivity index (χ0) is 22.5. The lowest BCUT2D eigenvalue weighted by atomic mass is 10.2. The number of hydrogen-bond acceptors (Lipinski definition) is 8. The molecule has 2 heterocycles. The fourth-order valence-corrected chi connectivity index (χ4v) is 3.70. The molecule has 2 aromatic heterocycles. The lowest BCUT2D eigenvalue weighted by molar-refractivity contribution is -0.122. The molecule has 32 heavy (non-hydrogen) atoms. The van der Waals surface area contributed by atoms with Gasteiger partial charge in [-0.3, -0.25) is 4.79 Å². The fraction of sp³-hybridized carbons (Fsp3) is 0.182. The van der Waals surface area contributed by atoms with Crippen LogP contribution in [0.15, 0.2) is 64.1 Å². The van der Waals surface area contributed by atoms with E-state index in [2.05, 4.69) is 20.6 Å². The molecule has 2 aromatic carbocycles. The maximum Gasteiger partial charge on any atom is 0.264 e. The first kappa shape index (κ1) is 21.4. The minimum atomic E-state index is -0.225. The number of thioether (sulfide) groups is 1. The molecule has 9 nitrogen and oxygen atoms in total. The highest BCUT2D eigenvalue weighted by Crippen LogP contribution is 2.34. The maximum absolute atomic E-state index is 12.5. The highest BCUT2D eigenvalue weighted by molar-refractivity contribution is 7.98. The molecular formula is C22H22N6O3S. The third-order valence-electron chi connectivity index (χ3n) is 4.74. The molecular weight excluding hydrogens is 428 g/mol. The van der Waals surface area contributed by atoms with Gasteiger partial charge in [0.05, 0.1) is 7.11 Å². The Kier molecular flexibility index (Phi) is 6.41. The summed E-state index contributed by atoms with van der Waals surface area (Å²) in [7, 11) is 1.60. The SMILES string of the molecule is COc1cccc(CNC(=O)Cn2nc(SC)c(-c3nc(-c4ccccc4)no3)c2N)c1. The Morgan fingerprint density at radius 2 is 2.03 bits per heavy atom. The average Bonchev–Trinajstić information content (AvgIpc) is 3.43. The van der Waals surface area contributed by atoms with Gasteiger partial charge in [0.2, 0.25) is 11.7 Å². The maximum atomic E-state index is 12.5. The third kappa shape index (κ3) is 4.59. The second-order valence-corrected chi connectivity index (χ2v) is 7.64. The molecule has 0 saturated carbocycles. The van der Waals surface area contributed by atoms with E-state index in [0.29, 0.717) is 23.0 Å². The summed E-state index contributed by atoms with van der Waals surface area (Å²) < 4.78 is 12.1. The van der Waals surface area contributed by atoms with Crippen molar-refractivity contribution < 1.29 is 14.1 Å². The van der Waals surface area contributed by atoms with E-state index in [1.54, 1.807) is 7.11 Å². The van der Waals surface area contributed by atoms with Crippen LogP contribution in [0.3, 0.4) is 0 Å². The quantitative estimate of drug-likeness (QED) is 0.393. The number of hydrogen-bond donors (Lipinski definition) is 2. The molecule has 0 unspecified atom stereocenters. The van der Waals surface area contributed by atoms with E-state index in [4.69, 9.17) is 15.0 Å². The average molecular weight is 451 g/mol. The highest BCUT2D eigenvalue weighted by Gasteiger charge is 2.23. The number of aromatic nitrogens is 4. The standard InChI is InChI=1S/C22H22N6O3S/c1-30-16-10-6-7-14(11-16)12-24-17(29)13-28-19(23)18(22(26-28)32-2)21-25-20(27-31-21)15-8-4-3-5-9-15/h3-11H,12-13,23H2,1-2H3,(H,24,29). The Balaban J connectivity index is 1.50. The number of nitrogen functional groups attached to an aromatic ring is 1. The van der Waals surface area contributed by atoms with Gasteiger partial charge in [-0.05, 0) is 24.0 Å². The molecule has 0 spiro atoms. The smallest absolute Gasteiger partial charge is 0.264 e. The molecule has 4 rings (SSSR count). The Bertz CT molecular complexity index is 1220. The second kappa shape index (κ2) is 9.56. The largest absolute Gasteiger partial charge is 0.497 e. The Labute approximate surface area is 189 Å². The molecule has 0 aliphatic carbocycles. The molecule has 0 aliphatic heterocycles. The Morgan fingerprint density at radius 1 is 1.22 bits per heavy atom. The fourth-order valence-electron chi connectivity index (χ4n) is 3.12. The minimum Gasteiger partial charge on any atom is -0.497 e. The van der Waals surface area contributed by atoms with Crippen LogP contribution in [-0.4, -0.2) is 39.2 Å². The number of carbonyl (C=O) groups excluding carboxylic acids is 1. The molecule has 0 aliphatic rings. The molecule has 10 heteroatoms. The third-order valence-corrected chi connectivity index (χ3v) is 5.41. The van der Waals surface area contributed by atoms with Gasteiger partial charge in [0.25, 0.3) is 5.89 Å². The Hall–Kier alpha value is -3.79. The van der Waals surface area contributed by atoms with Crippen LogP contribution in [-0.2, 0) is 17.9 Å². The second-order valence-electron chi connectivity index (χ2n) is 6.84. The number of nitrogens with two attached hydrogens (primary N) is 1. The number of rotatable bonds is 8. The normalized spacial score (nSPS) is 10.8. The summed E-state index contributed by atoms with van der Waals surface area (Å²) in [5, 5.41) is 12.0. The first-order valence-corrected chi connectivity index (χ1v) is 11.0. The van der Waals surface area contributed by atoms with Gasteiger partial charge in [0.1, 0.15) is 28.7 Å². The molecule has 0 radical (unpaired) electrons. The van der Waals surface area contributed by atoms with Crippen LogP contribution in [0.4, 0.5) is 5.82 Å². The van der Waals surface area contributed by atoms with E-state index in [-0.39, 0.29) is 24.2 Å². The molecule has 0 saturated heterocycles. The van der Waals surface area contributed by atoms with Crippen LogP contribution in [0.5, 0.6) is 5.75 Å². The summed E-state index contributed by atoms with van der Waals surface area (Å²) in [6, 6.07) is 17.0. The van der Waals surface area contributed by atoms with E-state index < -0.39 is 0 Å². The van der Waals surface area contributed by atoms with Crippen molar-refractivity contribution in [3.8, 4) is 28.6 Å². The van der Waals surface area contributed by atoms with E-state index in [0.717, 1.165) is 16.9 Å². The molecule has 4 aromatic rings. The summed E-state index contributed by atoms with van der Waals surface area (Å²) in [5.41, 5.74) is 8.59. The van der Waals surface area contributed by atoms with Gasteiger partial charge in [0.15, 0.2) is 0 Å². The topological polar surface area (TPSA) is 121 Å². The molecule has 1 amide bonds. The number of carbonyl (C=O) groups is 1. The van der Waals surface area contributed by atoms with Crippen LogP contribution >= 0.6 is 11.8 Å². The van der Waals surface area contributed by atoms with Crippen molar-refractivity contribution in [2.75, 3.05) is 19.1 Å². The van der Waals surface area contributed by atoms with Gasteiger partial charge in [-0.2, -0.15) is 10.1 Å². The number of anilines is 1. The molecule has 0 bridgehead atoms. The van der Waals surface area contributed by atoms with Crippen molar-refractivity contribution >= 4 is 23.5 Å². The van der Waals surface area contributed by atoms with Crippen LogP contribution < -0.4 is 15.8 Å². The van der Waals surface area contributed by atoms with Crippen LogP contribution in [0.1, 0.15) is 5.56 Å². The van der Waals surface area contributed by atoms with Gasteiger partial charge in [-0.25, -0.2) is 4.68 Å². The number of benzene rings is 2. The van der Waals surface area contributed by atoms with Crippen molar-refractivity contribution in [2.45, 2.75) is 18.1 Å². The lowest BCUT2D eigenvalue weighted by Gasteiger charge is -2.08. The van der Waals surface area contributed by atoms with Crippen molar-refractivity contribution in [3.05, 3.63) is 60.2 Å². The van der Waals surface area contributed by atoms with Gasteiger partial charge in [-0.1, -0.05) is 47.6 Å². The van der Waals surface area contributed by atoms with Gasteiger partial charge in [0, 0.05) is 12.1 Å². The van der Waals surface area contributed by atoms with Gasteiger partial charge >= 0.3 is 0 Å². The van der Waals surface area contributed by atoms with E-state index >= 15 is 0 Å². The van der Waals surface area contributed by atoms with Crippen LogP contribution in [0.25, 0.3) is 22.8 Å². The number of methoxy groups -OCH3 is 1. The highest BCUT2D eigenvalue weighted by atomic mass is 32.2. The zero-order valence-corrected chi connectivity index (χ0v) is 18.4. The van der Waals surface area contributed by atoms with E-state index in [1.807, 2.05) is 60.9 Å². The van der Waals surface area contributed by atoms with Crippen molar-refractivity contribution in [1.82, 2.24) is 25.2 Å². The summed E-state index contributed by atoms with van der Waals surface area (Å²) in [4.78, 5) is 17.0. The molecule has 0 atom stereocenters. The Morgan fingerprint density at radius 3 is 2.78 bits per heavy atom. The minimum absolute atomic E-state index is 0.0386. The summed E-state index contributed by atoms with van der Waals surface area (Å²) in [5.74, 6) is 1.51. The predicted molar refractivity (Wildman–Crippen MR) is 122 cm³/mol. The van der Waals surface area contributed by atoms with Crippen molar-refractivity contribution in [3.63, 3.8) is 0 Å². The van der Waals surface area contributed by atoms with Gasteiger partial charge in [-0.15, -0.1) is 11.8 Å². The summed E-state index contributed by atoms with van der Waals surface area (Å²) in [6.45, 7) is 0.326. The van der Waals surface area contributed by atoms with Crippen LogP contribution in [0.2, 0.25) is 0 Å². The number of nitrogens with zero attached hydrogens (tertiary/aromatic N) is 4. The first-order valence-electron chi connectivity index (χ1n) is 9.78. The van der Waals surface area contributed by atoms with E-state index in [9.17, 15) is 4.79 Å². The molecule has 3 N–H and O–H groups in total. The van der Waals surface area contributed by atoms with E-state index in [1.165, 1.54) is 16.4 Å². The summed E-state index contributed by atoms with van der Waals surface area (Å²) in [6.07, 6.45) is 1.87. The number of ether oxygens (including phenoxy) is 1. The first-order chi connectivity index (χ1) is 15.6.